The summed E-state index contributed by atoms with van der Waals surface area (Å²) in [5.41, 5.74) is 0. The molecule has 1 rings (SSSR count). The van der Waals surface area contributed by atoms with Crippen LogP contribution in [0.5, 0.6) is 0 Å². The van der Waals surface area contributed by atoms with Crippen molar-refractivity contribution in [2.45, 2.75) is 19.8 Å². The summed E-state index contributed by atoms with van der Waals surface area (Å²) in [5.74, 6) is -0.398. The summed E-state index contributed by atoms with van der Waals surface area (Å²) in [6, 6.07) is -0.205. The second kappa shape index (κ2) is 7.20. The summed E-state index contributed by atoms with van der Waals surface area (Å²) in [6.45, 7) is 3.64. The highest BCUT2D eigenvalue weighted by molar-refractivity contribution is 5.80. The van der Waals surface area contributed by atoms with Gasteiger partial charge in [-0.05, 0) is 25.7 Å². The highest BCUT2D eigenvalue weighted by Crippen LogP contribution is 2.29. The topological polar surface area (TPSA) is 70.1 Å². The second-order valence-electron chi connectivity index (χ2n) is 4.57. The van der Waals surface area contributed by atoms with Crippen LogP contribution in [0.3, 0.4) is 0 Å². The molecule has 1 saturated carbocycles. The van der Waals surface area contributed by atoms with Gasteiger partial charge in [-0.25, -0.2) is 4.79 Å². The lowest BCUT2D eigenvalue weighted by Gasteiger charge is -2.28. The van der Waals surface area contributed by atoms with E-state index in [4.69, 9.17) is 9.84 Å². The van der Waals surface area contributed by atoms with Gasteiger partial charge >= 0.3 is 12.0 Å². The number of ether oxygens (including phenoxy) is 1. The molecule has 0 spiro atoms. The number of urea groups is 1. The van der Waals surface area contributed by atoms with E-state index < -0.39 is 5.97 Å². The third-order valence-corrected chi connectivity index (χ3v) is 2.99. The number of hydrogen-bond acceptors (Lipinski definition) is 3. The van der Waals surface area contributed by atoms with Crippen molar-refractivity contribution in [3.05, 3.63) is 0 Å². The summed E-state index contributed by atoms with van der Waals surface area (Å²) in [7, 11) is 1.53. The minimum Gasteiger partial charge on any atom is -0.480 e. The van der Waals surface area contributed by atoms with Crippen molar-refractivity contribution in [3.63, 3.8) is 0 Å². The van der Waals surface area contributed by atoms with Gasteiger partial charge in [0.25, 0.3) is 0 Å². The van der Waals surface area contributed by atoms with Crippen molar-refractivity contribution in [1.29, 1.82) is 0 Å². The van der Waals surface area contributed by atoms with E-state index in [1.165, 1.54) is 24.9 Å². The molecule has 0 aromatic carbocycles. The van der Waals surface area contributed by atoms with Crippen molar-refractivity contribution in [2.75, 3.05) is 39.9 Å². The molecule has 1 aliphatic rings. The molecule has 0 aliphatic heterocycles. The molecule has 0 atom stereocenters. The van der Waals surface area contributed by atoms with Gasteiger partial charge in [-0.15, -0.1) is 0 Å². The van der Waals surface area contributed by atoms with Gasteiger partial charge in [-0.1, -0.05) is 0 Å². The van der Waals surface area contributed by atoms with Crippen LogP contribution in [0.15, 0.2) is 0 Å². The highest BCUT2D eigenvalue weighted by Gasteiger charge is 2.28. The maximum Gasteiger partial charge on any atom is 0.323 e. The van der Waals surface area contributed by atoms with Gasteiger partial charge in [0.1, 0.15) is 6.54 Å². The predicted octanol–water partition coefficient (Wildman–Crippen LogP) is 0.871. The van der Waals surface area contributed by atoms with Crippen molar-refractivity contribution in [1.82, 2.24) is 9.80 Å². The zero-order valence-corrected chi connectivity index (χ0v) is 11.1. The van der Waals surface area contributed by atoms with Gasteiger partial charge in [-0.2, -0.15) is 0 Å². The Kier molecular flexibility index (Phi) is 5.91. The molecular weight excluding hydrogens is 236 g/mol. The summed E-state index contributed by atoms with van der Waals surface area (Å²) in [4.78, 5) is 26.0. The number of methoxy groups -OCH3 is 1. The van der Waals surface area contributed by atoms with Crippen LogP contribution in [0, 0.1) is 5.92 Å². The van der Waals surface area contributed by atoms with Crippen molar-refractivity contribution < 1.29 is 19.4 Å². The Morgan fingerprint density at radius 1 is 1.33 bits per heavy atom. The molecule has 0 unspecified atom stereocenters. The first kappa shape index (κ1) is 14.8. The van der Waals surface area contributed by atoms with Gasteiger partial charge in [0.05, 0.1) is 6.61 Å². The Morgan fingerprint density at radius 2 is 2.00 bits per heavy atom. The first-order chi connectivity index (χ1) is 8.58. The minimum atomic E-state index is -0.998. The second-order valence-corrected chi connectivity index (χ2v) is 4.57. The van der Waals surface area contributed by atoms with Crippen LogP contribution in [0.2, 0.25) is 0 Å². The summed E-state index contributed by atoms with van der Waals surface area (Å²) < 4.78 is 4.91. The minimum absolute atomic E-state index is 0.205. The van der Waals surface area contributed by atoms with Gasteiger partial charge in [0.2, 0.25) is 0 Å². The fraction of sp³-hybridized carbons (Fsp3) is 0.833. The Bertz CT molecular complexity index is 292. The summed E-state index contributed by atoms with van der Waals surface area (Å²) in [6.07, 6.45) is 2.33. The van der Waals surface area contributed by atoms with Gasteiger partial charge in [0, 0.05) is 26.7 Å². The van der Waals surface area contributed by atoms with Crippen molar-refractivity contribution in [2.24, 2.45) is 5.92 Å². The van der Waals surface area contributed by atoms with Crippen LogP contribution >= 0.6 is 0 Å². The quantitative estimate of drug-likeness (QED) is 0.701. The molecule has 0 radical (unpaired) electrons. The molecule has 104 valence electrons. The highest BCUT2D eigenvalue weighted by atomic mass is 16.5. The number of carbonyl (C=O) groups excluding carboxylic acids is 1. The molecule has 1 fully saturated rings. The van der Waals surface area contributed by atoms with Crippen LogP contribution in [-0.4, -0.2) is 66.8 Å². The number of aliphatic carboxylic acids is 1. The van der Waals surface area contributed by atoms with E-state index in [1.807, 2.05) is 6.92 Å². The Balaban J connectivity index is 2.55. The summed E-state index contributed by atoms with van der Waals surface area (Å²) in [5, 5.41) is 8.83. The number of carboxylic acids is 1. The molecule has 0 heterocycles. The lowest BCUT2D eigenvalue weighted by atomic mass is 10.3. The van der Waals surface area contributed by atoms with Crippen molar-refractivity contribution in [3.8, 4) is 0 Å². The largest absolute Gasteiger partial charge is 0.480 e. The van der Waals surface area contributed by atoms with E-state index in [1.54, 1.807) is 4.90 Å². The molecule has 18 heavy (non-hydrogen) atoms. The Morgan fingerprint density at radius 3 is 2.44 bits per heavy atom. The SMILES string of the molecule is CCN(CC1CC1)C(=O)N(CCOC)CC(=O)O. The lowest BCUT2D eigenvalue weighted by Crippen LogP contribution is -2.47. The predicted molar refractivity (Wildman–Crippen MR) is 66.5 cm³/mol. The number of carbonyl (C=O) groups is 2. The van der Waals surface area contributed by atoms with Gasteiger partial charge in [-0.3, -0.25) is 4.79 Å². The molecule has 2 amide bonds. The van der Waals surface area contributed by atoms with E-state index in [0.29, 0.717) is 25.6 Å². The number of carboxylic acid groups (broad SMARTS) is 1. The van der Waals surface area contributed by atoms with E-state index in [0.717, 1.165) is 6.54 Å². The maximum absolute atomic E-state index is 12.2. The number of hydrogen-bond donors (Lipinski definition) is 1. The molecular formula is C12H22N2O4. The zero-order chi connectivity index (χ0) is 13.5. The van der Waals surface area contributed by atoms with Crippen molar-refractivity contribution >= 4 is 12.0 Å². The fourth-order valence-electron chi connectivity index (χ4n) is 1.76. The average Bonchev–Trinajstić information content (AvgIpc) is 3.14. The number of nitrogens with zero attached hydrogens (tertiary/aromatic N) is 2. The maximum atomic E-state index is 12.2. The third-order valence-electron chi connectivity index (χ3n) is 2.99. The first-order valence-electron chi connectivity index (χ1n) is 6.33. The lowest BCUT2D eigenvalue weighted by molar-refractivity contribution is -0.137. The van der Waals surface area contributed by atoms with E-state index in [-0.39, 0.29) is 12.6 Å². The smallest absolute Gasteiger partial charge is 0.323 e. The first-order valence-corrected chi connectivity index (χ1v) is 6.33. The third kappa shape index (κ3) is 4.91. The molecule has 0 aromatic heterocycles. The average molecular weight is 258 g/mol. The molecule has 6 heteroatoms. The Hall–Kier alpha value is -1.30. The molecule has 1 N–H and O–H groups in total. The van der Waals surface area contributed by atoms with Gasteiger partial charge < -0.3 is 19.6 Å². The summed E-state index contributed by atoms with van der Waals surface area (Å²) >= 11 is 0. The van der Waals surface area contributed by atoms with E-state index in [9.17, 15) is 9.59 Å². The number of rotatable bonds is 8. The fourth-order valence-corrected chi connectivity index (χ4v) is 1.76. The normalized spacial score (nSPS) is 14.3. The number of amides is 2. The van der Waals surface area contributed by atoms with Crippen LogP contribution in [0.25, 0.3) is 0 Å². The molecule has 6 nitrogen and oxygen atoms in total. The standard InChI is InChI=1S/C12H22N2O4/c1-3-13(8-10-4-5-10)12(17)14(6-7-18-2)9-11(15)16/h10H,3-9H2,1-2H3,(H,15,16). The molecule has 0 aromatic rings. The molecule has 0 bridgehead atoms. The monoisotopic (exact) mass is 258 g/mol. The van der Waals surface area contributed by atoms with Gasteiger partial charge in [0.15, 0.2) is 0 Å². The van der Waals surface area contributed by atoms with Crippen LogP contribution in [-0.2, 0) is 9.53 Å². The van der Waals surface area contributed by atoms with Crippen LogP contribution in [0.1, 0.15) is 19.8 Å². The van der Waals surface area contributed by atoms with Crippen LogP contribution in [0.4, 0.5) is 4.79 Å². The van der Waals surface area contributed by atoms with E-state index >= 15 is 0 Å². The zero-order valence-electron chi connectivity index (χ0n) is 11.1. The van der Waals surface area contributed by atoms with Crippen LogP contribution < -0.4 is 0 Å². The molecule has 1 aliphatic carbocycles. The Labute approximate surface area is 107 Å². The van der Waals surface area contributed by atoms with E-state index in [2.05, 4.69) is 0 Å². The molecule has 0 saturated heterocycles.